The monoisotopic (exact) mass is 382 g/mol. The molecule has 3 rings (SSSR count). The average Bonchev–Trinajstić information content (AvgIpc) is 2.61. The first kappa shape index (κ1) is 18.8. The van der Waals surface area contributed by atoms with Gasteiger partial charge in [0.05, 0.1) is 20.1 Å². The minimum Gasteiger partial charge on any atom is -0.494 e. The number of ketones is 1. The molecule has 6 nitrogen and oxygen atoms in total. The van der Waals surface area contributed by atoms with Gasteiger partial charge in [-0.25, -0.2) is 4.79 Å². The van der Waals surface area contributed by atoms with Gasteiger partial charge in [-0.15, -0.1) is 0 Å². The second-order valence-corrected chi connectivity index (χ2v) is 7.01. The molecule has 0 radical (unpaired) electrons. The van der Waals surface area contributed by atoms with Gasteiger partial charge in [0, 0.05) is 6.07 Å². The molecule has 0 aromatic heterocycles. The summed E-state index contributed by atoms with van der Waals surface area (Å²) in [7, 11) is 1.44. The van der Waals surface area contributed by atoms with E-state index in [4.69, 9.17) is 30.5 Å². The van der Waals surface area contributed by atoms with Crippen molar-refractivity contribution in [1.29, 1.82) is 0 Å². The molecule has 0 atom stereocenters. The molecule has 0 bridgehead atoms. The maximum Gasteiger partial charge on any atom is 0.344 e. The van der Waals surface area contributed by atoms with E-state index in [1.54, 1.807) is 13.0 Å². The van der Waals surface area contributed by atoms with E-state index in [9.17, 15) is 9.59 Å². The predicted molar refractivity (Wildman–Crippen MR) is 95.5 cm³/mol. The Balaban J connectivity index is 1.93. The predicted octanol–water partition coefficient (Wildman–Crippen LogP) is 3.96. The highest BCUT2D eigenvalue weighted by atomic mass is 35.5. The summed E-state index contributed by atoms with van der Waals surface area (Å²) in [5.74, 6) is 0.322. The van der Waals surface area contributed by atoms with Crippen LogP contribution in [0.15, 0.2) is 6.07 Å². The Morgan fingerprint density at radius 3 is 2.69 bits per heavy atom. The van der Waals surface area contributed by atoms with Crippen molar-refractivity contribution in [3.63, 3.8) is 0 Å². The van der Waals surface area contributed by atoms with E-state index in [-0.39, 0.29) is 35.5 Å². The van der Waals surface area contributed by atoms with Crippen molar-refractivity contribution in [3.05, 3.63) is 16.7 Å². The van der Waals surface area contributed by atoms with Gasteiger partial charge >= 0.3 is 5.97 Å². The molecular formula is C19H23ClO6. The highest BCUT2D eigenvalue weighted by Crippen LogP contribution is 2.49. The highest BCUT2D eigenvalue weighted by Gasteiger charge is 2.43. The molecule has 1 fully saturated rings. The number of carbonyl (C=O) groups excluding carboxylic acids is 2. The molecule has 0 unspecified atom stereocenters. The molecule has 1 aromatic carbocycles. The second kappa shape index (κ2) is 7.74. The van der Waals surface area contributed by atoms with Crippen LogP contribution in [-0.4, -0.2) is 37.7 Å². The van der Waals surface area contributed by atoms with E-state index < -0.39 is 11.6 Å². The third-order valence-corrected chi connectivity index (χ3v) is 5.22. The fraction of sp³-hybridized carbons (Fsp3) is 0.579. The number of halogens is 1. The van der Waals surface area contributed by atoms with Gasteiger partial charge in [-0.2, -0.15) is 0 Å². The molecule has 26 heavy (non-hydrogen) atoms. The van der Waals surface area contributed by atoms with Crippen LogP contribution in [0.25, 0.3) is 0 Å². The number of rotatable bonds is 5. The van der Waals surface area contributed by atoms with Crippen molar-refractivity contribution in [3.8, 4) is 17.2 Å². The first-order valence-electron chi connectivity index (χ1n) is 8.91. The molecular weight excluding hydrogens is 360 g/mol. The fourth-order valence-electron chi connectivity index (χ4n) is 3.69. The molecule has 1 saturated carbocycles. The summed E-state index contributed by atoms with van der Waals surface area (Å²) >= 11 is 6.34. The van der Waals surface area contributed by atoms with Crippen molar-refractivity contribution in [1.82, 2.24) is 0 Å². The molecule has 2 aliphatic rings. The van der Waals surface area contributed by atoms with Gasteiger partial charge < -0.3 is 18.9 Å². The molecule has 1 aromatic rings. The number of hydrogen-bond acceptors (Lipinski definition) is 6. The first-order valence-corrected chi connectivity index (χ1v) is 9.28. The Kier molecular flexibility index (Phi) is 5.61. The standard InChI is InChI=1S/C19H23ClO6/c1-3-24-15(22)11-25-14-9-13-16(18(23-2)17(14)20)12(21)10-19(26-13)7-5-4-6-8-19/h9H,3-8,10-11H2,1-2H3. The summed E-state index contributed by atoms with van der Waals surface area (Å²) in [5.41, 5.74) is -0.114. The van der Waals surface area contributed by atoms with Gasteiger partial charge in [-0.05, 0) is 32.6 Å². The lowest BCUT2D eigenvalue weighted by atomic mass is 9.78. The van der Waals surface area contributed by atoms with Crippen LogP contribution in [0.3, 0.4) is 0 Å². The third-order valence-electron chi connectivity index (χ3n) is 4.86. The number of methoxy groups -OCH3 is 1. The van der Waals surface area contributed by atoms with Crippen LogP contribution < -0.4 is 14.2 Å². The van der Waals surface area contributed by atoms with E-state index in [1.807, 2.05) is 0 Å². The van der Waals surface area contributed by atoms with Gasteiger partial charge in [-0.3, -0.25) is 4.79 Å². The molecule has 7 heteroatoms. The van der Waals surface area contributed by atoms with Gasteiger partial charge in [0.15, 0.2) is 18.1 Å². The van der Waals surface area contributed by atoms with E-state index in [0.717, 1.165) is 32.1 Å². The lowest BCUT2D eigenvalue weighted by Crippen LogP contribution is -2.43. The summed E-state index contributed by atoms with van der Waals surface area (Å²) in [5, 5.41) is 0.145. The normalized spacial score (nSPS) is 18.0. The summed E-state index contributed by atoms with van der Waals surface area (Å²) in [6.07, 6.45) is 5.27. The Hall–Kier alpha value is -1.95. The van der Waals surface area contributed by atoms with Gasteiger partial charge in [0.1, 0.15) is 27.7 Å². The number of fused-ring (bicyclic) bond motifs is 1. The van der Waals surface area contributed by atoms with E-state index in [1.165, 1.54) is 7.11 Å². The number of Topliss-reactive ketones (excluding diaryl/α,β-unsaturated/α-hetero) is 1. The zero-order chi connectivity index (χ0) is 18.7. The molecule has 1 spiro atoms. The van der Waals surface area contributed by atoms with Crippen molar-refractivity contribution in [2.24, 2.45) is 0 Å². The van der Waals surface area contributed by atoms with Crippen LogP contribution in [-0.2, 0) is 9.53 Å². The largest absolute Gasteiger partial charge is 0.494 e. The summed E-state index contributed by atoms with van der Waals surface area (Å²) in [6, 6.07) is 1.58. The fourth-order valence-corrected chi connectivity index (χ4v) is 3.97. The highest BCUT2D eigenvalue weighted by molar-refractivity contribution is 6.34. The van der Waals surface area contributed by atoms with Crippen LogP contribution in [0, 0.1) is 0 Å². The van der Waals surface area contributed by atoms with E-state index >= 15 is 0 Å². The smallest absolute Gasteiger partial charge is 0.344 e. The Labute approximate surface area is 157 Å². The quantitative estimate of drug-likeness (QED) is 0.718. The Bertz CT molecular complexity index is 708. The number of hydrogen-bond donors (Lipinski definition) is 0. The Morgan fingerprint density at radius 2 is 2.04 bits per heavy atom. The molecule has 142 valence electrons. The van der Waals surface area contributed by atoms with Crippen LogP contribution in [0.5, 0.6) is 17.2 Å². The summed E-state index contributed by atoms with van der Waals surface area (Å²) in [6.45, 7) is 1.70. The van der Waals surface area contributed by atoms with Crippen LogP contribution in [0.4, 0.5) is 0 Å². The summed E-state index contributed by atoms with van der Waals surface area (Å²) < 4.78 is 22.0. The van der Waals surface area contributed by atoms with E-state index in [2.05, 4.69) is 0 Å². The lowest BCUT2D eigenvalue weighted by Gasteiger charge is -2.41. The van der Waals surface area contributed by atoms with Crippen molar-refractivity contribution >= 4 is 23.4 Å². The zero-order valence-corrected chi connectivity index (χ0v) is 15.8. The van der Waals surface area contributed by atoms with Gasteiger partial charge in [0.25, 0.3) is 0 Å². The SMILES string of the molecule is CCOC(=O)COc1cc2c(c(OC)c1Cl)C(=O)CC1(CCCCC1)O2. The number of carbonyl (C=O) groups is 2. The van der Waals surface area contributed by atoms with Crippen molar-refractivity contribution in [2.45, 2.75) is 51.0 Å². The first-order chi connectivity index (χ1) is 12.5. The molecule has 0 saturated heterocycles. The Morgan fingerprint density at radius 1 is 1.31 bits per heavy atom. The van der Waals surface area contributed by atoms with Gasteiger partial charge in [0.2, 0.25) is 0 Å². The van der Waals surface area contributed by atoms with Crippen LogP contribution in [0.2, 0.25) is 5.02 Å². The molecule has 1 aliphatic carbocycles. The number of esters is 1. The zero-order valence-electron chi connectivity index (χ0n) is 15.1. The third kappa shape index (κ3) is 3.61. The molecule has 0 N–H and O–H groups in total. The minimum absolute atomic E-state index is 0.0381. The van der Waals surface area contributed by atoms with Gasteiger partial charge in [-0.1, -0.05) is 18.0 Å². The maximum absolute atomic E-state index is 12.8. The molecule has 1 heterocycles. The minimum atomic E-state index is -0.499. The molecule has 1 aliphatic heterocycles. The summed E-state index contributed by atoms with van der Waals surface area (Å²) in [4.78, 5) is 24.4. The number of ether oxygens (including phenoxy) is 4. The van der Waals surface area contributed by atoms with Crippen LogP contribution in [0.1, 0.15) is 55.8 Å². The second-order valence-electron chi connectivity index (χ2n) is 6.63. The van der Waals surface area contributed by atoms with Crippen molar-refractivity contribution < 1.29 is 28.5 Å². The average molecular weight is 383 g/mol. The van der Waals surface area contributed by atoms with E-state index in [0.29, 0.717) is 17.7 Å². The number of benzene rings is 1. The lowest BCUT2D eigenvalue weighted by molar-refractivity contribution is -0.145. The van der Waals surface area contributed by atoms with Crippen LogP contribution >= 0.6 is 11.6 Å². The topological polar surface area (TPSA) is 71.1 Å². The van der Waals surface area contributed by atoms with Crippen molar-refractivity contribution in [2.75, 3.05) is 20.3 Å². The maximum atomic E-state index is 12.8. The molecule has 0 amide bonds.